The van der Waals surface area contributed by atoms with Gasteiger partial charge in [0.05, 0.1) is 0 Å². The summed E-state index contributed by atoms with van der Waals surface area (Å²) in [5.74, 6) is 0. The molecule has 0 heterocycles. The summed E-state index contributed by atoms with van der Waals surface area (Å²) in [5, 5.41) is 0. The Kier molecular flexibility index (Phi) is 0.890. The van der Waals surface area contributed by atoms with Crippen LogP contribution in [0.15, 0.2) is 12.1 Å². The van der Waals surface area contributed by atoms with Gasteiger partial charge >= 0.3 is 0 Å². The van der Waals surface area contributed by atoms with Crippen LogP contribution in [0, 0.1) is 6.92 Å². The van der Waals surface area contributed by atoms with E-state index in [0.717, 1.165) is 0 Å². The maximum atomic E-state index is 2.24. The van der Waals surface area contributed by atoms with Crippen molar-refractivity contribution in [1.82, 2.24) is 0 Å². The number of benzene rings is 1. The Morgan fingerprint density at radius 3 is 2.00 bits per heavy atom. The quantitative estimate of drug-likeness (QED) is 0.575. The summed E-state index contributed by atoms with van der Waals surface area (Å²) >= 11 is 0. The Morgan fingerprint density at radius 1 is 1.10 bits per heavy atom. The molecule has 0 aliphatic heterocycles. The maximum absolute atomic E-state index is 2.24. The van der Waals surface area contributed by atoms with Crippen molar-refractivity contribution in [2.45, 2.75) is 6.92 Å². The predicted molar refractivity (Wildman–Crippen MR) is 44.5 cm³/mol. The highest BCUT2D eigenvalue weighted by Crippen LogP contribution is 2.45. The fourth-order valence-corrected chi connectivity index (χ4v) is 1.29. The molecule has 0 fully saturated rings. The fraction of sp³-hybridized carbons (Fsp3) is 0.333. The minimum atomic E-state index is 1.33. The van der Waals surface area contributed by atoms with Gasteiger partial charge in [-0.15, -0.1) is 0 Å². The molecule has 0 radical (unpaired) electrons. The van der Waals surface area contributed by atoms with Crippen molar-refractivity contribution < 1.29 is 0 Å². The second-order valence-corrected chi connectivity index (χ2v) is 3.06. The fourth-order valence-electron chi connectivity index (χ4n) is 1.29. The highest BCUT2D eigenvalue weighted by Gasteiger charge is 2.21. The molecular formula is C9H11N. The molecule has 0 amide bonds. The third kappa shape index (κ3) is 0.576. The van der Waals surface area contributed by atoms with Gasteiger partial charge in [0.1, 0.15) is 0 Å². The first-order valence-electron chi connectivity index (χ1n) is 3.52. The zero-order valence-electron chi connectivity index (χ0n) is 6.60. The maximum Gasteiger partial charge on any atom is 0.0373 e. The lowest BCUT2D eigenvalue weighted by Crippen LogP contribution is -2.06. The molecule has 0 aromatic rings. The van der Waals surface area contributed by atoms with E-state index < -0.39 is 0 Å². The Bertz CT molecular complexity index is 264. The summed E-state index contributed by atoms with van der Waals surface area (Å²) in [6, 6.07) is 4.48. The van der Waals surface area contributed by atoms with Crippen molar-refractivity contribution >= 4 is 5.69 Å². The lowest BCUT2D eigenvalue weighted by atomic mass is 10.4. The van der Waals surface area contributed by atoms with E-state index in [9.17, 15) is 0 Å². The third-order valence-corrected chi connectivity index (χ3v) is 2.14. The zero-order valence-corrected chi connectivity index (χ0v) is 6.60. The number of hydrogen-bond acceptors (Lipinski definition) is 1. The number of hydrogen-bond donors (Lipinski definition) is 0. The topological polar surface area (TPSA) is 3.24 Å². The largest absolute Gasteiger partial charge is 0.378 e. The SMILES string of the molecule is Cc1c2cc(N(C)C)cc1-2. The molecule has 0 aromatic carbocycles. The first kappa shape index (κ1) is 5.78. The summed E-state index contributed by atoms with van der Waals surface area (Å²) < 4.78 is 0. The lowest BCUT2D eigenvalue weighted by molar-refractivity contribution is 1.14. The molecule has 0 N–H and O–H groups in total. The summed E-state index contributed by atoms with van der Waals surface area (Å²) in [4.78, 5) is 2.14. The van der Waals surface area contributed by atoms with Gasteiger partial charge < -0.3 is 4.90 Å². The molecule has 2 aliphatic carbocycles. The molecule has 52 valence electrons. The average Bonchev–Trinajstić information content (AvgIpc) is 2.38. The van der Waals surface area contributed by atoms with E-state index in [1.807, 2.05) is 0 Å². The second-order valence-electron chi connectivity index (χ2n) is 3.06. The average molecular weight is 133 g/mol. The van der Waals surface area contributed by atoms with Gasteiger partial charge in [0.25, 0.3) is 0 Å². The van der Waals surface area contributed by atoms with Crippen molar-refractivity contribution in [3.8, 4) is 11.1 Å². The van der Waals surface area contributed by atoms with Gasteiger partial charge in [0, 0.05) is 19.8 Å². The normalized spacial score (nSPS) is 11.5. The van der Waals surface area contributed by atoms with Crippen LogP contribution in [0.5, 0.6) is 0 Å². The Hall–Kier alpha value is -0.980. The molecule has 1 heteroatoms. The van der Waals surface area contributed by atoms with Gasteiger partial charge in [-0.25, -0.2) is 0 Å². The molecule has 0 unspecified atom stereocenters. The first-order chi connectivity index (χ1) is 4.70. The van der Waals surface area contributed by atoms with Crippen LogP contribution in [-0.4, -0.2) is 14.1 Å². The molecule has 0 atom stereocenters. The van der Waals surface area contributed by atoms with Gasteiger partial charge in [0.2, 0.25) is 0 Å². The molecule has 0 saturated heterocycles. The standard InChI is InChI=1S/C9H11N/c1-6-8-4-7(10(2)3)5-9(6)8/h4-5H,1-3H3. The third-order valence-electron chi connectivity index (χ3n) is 2.14. The summed E-state index contributed by atoms with van der Waals surface area (Å²) in [6.45, 7) is 2.17. The van der Waals surface area contributed by atoms with Gasteiger partial charge in [0.15, 0.2) is 0 Å². The Balaban J connectivity index is 2.38. The van der Waals surface area contributed by atoms with Gasteiger partial charge in [-0.3, -0.25) is 0 Å². The molecule has 2 rings (SSSR count). The summed E-state index contributed by atoms with van der Waals surface area (Å²) in [5.41, 5.74) is 5.73. The Labute approximate surface area is 61.3 Å². The van der Waals surface area contributed by atoms with Crippen LogP contribution in [0.25, 0.3) is 11.1 Å². The summed E-state index contributed by atoms with van der Waals surface area (Å²) in [7, 11) is 4.15. The highest BCUT2D eigenvalue weighted by molar-refractivity contribution is 5.93. The molecule has 0 spiro atoms. The van der Waals surface area contributed by atoms with E-state index in [-0.39, 0.29) is 0 Å². The minimum absolute atomic E-state index is 1.33. The molecule has 1 nitrogen and oxygen atoms in total. The summed E-state index contributed by atoms with van der Waals surface area (Å²) in [6.07, 6.45) is 0. The second kappa shape index (κ2) is 1.54. The van der Waals surface area contributed by atoms with Crippen LogP contribution < -0.4 is 4.90 Å². The molecule has 2 aliphatic rings. The van der Waals surface area contributed by atoms with E-state index in [4.69, 9.17) is 0 Å². The number of anilines is 1. The molecule has 0 saturated carbocycles. The molecule has 10 heavy (non-hydrogen) atoms. The van der Waals surface area contributed by atoms with E-state index in [1.54, 1.807) is 0 Å². The van der Waals surface area contributed by atoms with Crippen molar-refractivity contribution in [3.63, 3.8) is 0 Å². The van der Waals surface area contributed by atoms with Crippen LogP contribution in [-0.2, 0) is 0 Å². The number of fused-ring (bicyclic) bond motifs is 1. The predicted octanol–water partition coefficient (Wildman–Crippen LogP) is 2.04. The van der Waals surface area contributed by atoms with Crippen LogP contribution in [0.2, 0.25) is 0 Å². The van der Waals surface area contributed by atoms with Crippen molar-refractivity contribution in [2.75, 3.05) is 19.0 Å². The minimum Gasteiger partial charge on any atom is -0.378 e. The van der Waals surface area contributed by atoms with Gasteiger partial charge in [-0.2, -0.15) is 0 Å². The van der Waals surface area contributed by atoms with Gasteiger partial charge in [-0.1, -0.05) is 0 Å². The van der Waals surface area contributed by atoms with E-state index in [1.165, 1.54) is 22.4 Å². The van der Waals surface area contributed by atoms with Crippen molar-refractivity contribution in [2.24, 2.45) is 0 Å². The molecular weight excluding hydrogens is 122 g/mol. The lowest BCUT2D eigenvalue weighted by Gasteiger charge is -2.08. The highest BCUT2D eigenvalue weighted by atomic mass is 15.1. The number of nitrogens with zero attached hydrogens (tertiary/aromatic N) is 1. The number of rotatable bonds is 1. The van der Waals surface area contributed by atoms with Crippen molar-refractivity contribution in [1.29, 1.82) is 0 Å². The van der Waals surface area contributed by atoms with Crippen LogP contribution >= 0.6 is 0 Å². The smallest absolute Gasteiger partial charge is 0.0373 e. The van der Waals surface area contributed by atoms with E-state index in [0.29, 0.717) is 0 Å². The molecule has 0 aromatic heterocycles. The van der Waals surface area contributed by atoms with Crippen LogP contribution in [0.1, 0.15) is 5.56 Å². The molecule has 0 bridgehead atoms. The van der Waals surface area contributed by atoms with E-state index >= 15 is 0 Å². The van der Waals surface area contributed by atoms with Crippen LogP contribution in [0.3, 0.4) is 0 Å². The number of aryl methyl sites for hydroxylation is 1. The first-order valence-corrected chi connectivity index (χ1v) is 3.52. The zero-order chi connectivity index (χ0) is 7.30. The monoisotopic (exact) mass is 133 g/mol. The Morgan fingerprint density at radius 2 is 1.60 bits per heavy atom. The van der Waals surface area contributed by atoms with Gasteiger partial charge in [-0.05, 0) is 35.7 Å². The van der Waals surface area contributed by atoms with Crippen molar-refractivity contribution in [3.05, 3.63) is 17.7 Å². The van der Waals surface area contributed by atoms with Crippen LogP contribution in [0.4, 0.5) is 5.69 Å². The van der Waals surface area contributed by atoms with E-state index in [2.05, 4.69) is 38.1 Å².